The van der Waals surface area contributed by atoms with E-state index in [0.717, 1.165) is 55.4 Å². The summed E-state index contributed by atoms with van der Waals surface area (Å²) in [5.74, 6) is 0. The summed E-state index contributed by atoms with van der Waals surface area (Å²) in [5.41, 5.74) is 7.38. The predicted molar refractivity (Wildman–Crippen MR) is 141 cm³/mol. The summed E-state index contributed by atoms with van der Waals surface area (Å²) < 4.78 is 1.64. The molecule has 31 heavy (non-hydrogen) atoms. The van der Waals surface area contributed by atoms with E-state index in [9.17, 15) is 5.11 Å². The van der Waals surface area contributed by atoms with Gasteiger partial charge >= 0.3 is 0 Å². The second-order valence-corrected chi connectivity index (χ2v) is 10.4. The molecule has 1 nitrogen and oxygen atoms in total. The summed E-state index contributed by atoms with van der Waals surface area (Å²) in [4.78, 5) is 0. The molecule has 2 aromatic rings. The zero-order chi connectivity index (χ0) is 22.9. The van der Waals surface area contributed by atoms with Crippen LogP contribution in [0.2, 0.25) is 0 Å². The maximum Gasteiger partial charge on any atom is 0.142 e. The molecule has 1 atom stereocenters. The van der Waals surface area contributed by atoms with Gasteiger partial charge < -0.3 is 5.11 Å². The largest absolute Gasteiger partial charge is 0.376 e. The van der Waals surface area contributed by atoms with Gasteiger partial charge in [0.25, 0.3) is 0 Å². The highest BCUT2D eigenvalue weighted by atomic mass is 79.9. The summed E-state index contributed by atoms with van der Waals surface area (Å²) in [6, 6.07) is 14.7. The normalized spacial score (nSPS) is 20.7. The first kappa shape index (κ1) is 23.7. The molecule has 0 bridgehead atoms. The molecule has 0 fully saturated rings. The SMILES string of the molecule is C=C(Br)/C=C1\C(=C)C(CC)=C(/C=C(\C)Br)C1(O)c1cc(C)ccc1-c1ccc(C)cc1. The lowest BCUT2D eigenvalue weighted by molar-refractivity contribution is 0.128. The Balaban J connectivity index is 2.44. The number of aryl methyl sites for hydroxylation is 2. The van der Waals surface area contributed by atoms with Crippen LogP contribution in [0.4, 0.5) is 0 Å². The van der Waals surface area contributed by atoms with Gasteiger partial charge in [-0.3, -0.25) is 0 Å². The van der Waals surface area contributed by atoms with Crippen molar-refractivity contribution >= 4 is 31.9 Å². The van der Waals surface area contributed by atoms with Crippen LogP contribution in [0.1, 0.15) is 37.0 Å². The maximum absolute atomic E-state index is 12.6. The highest BCUT2D eigenvalue weighted by molar-refractivity contribution is 9.12. The molecule has 0 saturated heterocycles. The molecule has 1 aliphatic rings. The smallest absolute Gasteiger partial charge is 0.142 e. The third kappa shape index (κ3) is 4.50. The molecular formula is C28H28Br2O. The predicted octanol–water partition coefficient (Wildman–Crippen LogP) is 8.57. The third-order valence-electron chi connectivity index (χ3n) is 5.72. The fraction of sp³-hybridized carbons (Fsp3) is 0.214. The monoisotopic (exact) mass is 538 g/mol. The van der Waals surface area contributed by atoms with Crippen molar-refractivity contribution in [1.82, 2.24) is 0 Å². The van der Waals surface area contributed by atoms with Gasteiger partial charge in [-0.1, -0.05) is 106 Å². The van der Waals surface area contributed by atoms with Crippen molar-refractivity contribution in [2.24, 2.45) is 0 Å². The lowest BCUT2D eigenvalue weighted by atomic mass is 9.78. The number of rotatable bonds is 5. The molecule has 3 heteroatoms. The number of allylic oxidation sites excluding steroid dienone is 4. The van der Waals surface area contributed by atoms with Gasteiger partial charge in [0.1, 0.15) is 5.60 Å². The van der Waals surface area contributed by atoms with Crippen molar-refractivity contribution in [2.45, 2.75) is 39.7 Å². The second kappa shape index (κ2) is 9.28. The highest BCUT2D eigenvalue weighted by Crippen LogP contribution is 2.54. The van der Waals surface area contributed by atoms with Gasteiger partial charge in [-0.25, -0.2) is 0 Å². The van der Waals surface area contributed by atoms with Crippen molar-refractivity contribution < 1.29 is 5.11 Å². The number of benzene rings is 2. The molecule has 1 aliphatic carbocycles. The van der Waals surface area contributed by atoms with E-state index in [-0.39, 0.29) is 0 Å². The van der Waals surface area contributed by atoms with Gasteiger partial charge in [0.05, 0.1) is 0 Å². The first-order valence-electron chi connectivity index (χ1n) is 10.3. The molecule has 1 N–H and O–H groups in total. The van der Waals surface area contributed by atoms with Gasteiger partial charge in [-0.05, 0) is 71.7 Å². The molecule has 0 aromatic heterocycles. The molecule has 0 amide bonds. The maximum atomic E-state index is 12.6. The van der Waals surface area contributed by atoms with E-state index < -0.39 is 5.60 Å². The van der Waals surface area contributed by atoms with Gasteiger partial charge in [-0.15, -0.1) is 0 Å². The highest BCUT2D eigenvalue weighted by Gasteiger charge is 2.46. The standard InChI is InChI=1S/C28H28Br2O/c1-7-23-21(6)25(15-19(4)29)28(31,27(23)16-20(5)30)26-14-18(3)10-13-24(26)22-11-8-17(2)9-12-22/h8-16,31H,4,6-7H2,1-3,5H3/b20-16+,25-15+. The minimum Gasteiger partial charge on any atom is -0.376 e. The third-order valence-corrected chi connectivity index (χ3v) is 6.18. The first-order valence-corrected chi connectivity index (χ1v) is 11.9. The van der Waals surface area contributed by atoms with Crippen molar-refractivity contribution in [3.05, 3.63) is 116 Å². The summed E-state index contributed by atoms with van der Waals surface area (Å²) in [6.45, 7) is 16.6. The lowest BCUT2D eigenvalue weighted by Crippen LogP contribution is -2.28. The van der Waals surface area contributed by atoms with Crippen LogP contribution >= 0.6 is 31.9 Å². The summed E-state index contributed by atoms with van der Waals surface area (Å²) >= 11 is 7.05. The topological polar surface area (TPSA) is 20.2 Å². The Bertz CT molecular complexity index is 1140. The fourth-order valence-corrected chi connectivity index (χ4v) is 4.74. The van der Waals surface area contributed by atoms with E-state index in [1.165, 1.54) is 5.56 Å². The van der Waals surface area contributed by atoms with Gasteiger partial charge in [0.15, 0.2) is 0 Å². The molecule has 0 spiro atoms. The summed E-state index contributed by atoms with van der Waals surface area (Å²) in [7, 11) is 0. The Morgan fingerprint density at radius 3 is 2.23 bits per heavy atom. The van der Waals surface area contributed by atoms with Crippen molar-refractivity contribution in [3.8, 4) is 11.1 Å². The number of hydrogen-bond acceptors (Lipinski definition) is 1. The van der Waals surface area contributed by atoms with Crippen molar-refractivity contribution in [2.75, 3.05) is 0 Å². The molecule has 3 rings (SSSR count). The Labute approximate surface area is 202 Å². The summed E-state index contributed by atoms with van der Waals surface area (Å²) in [5, 5.41) is 12.6. The number of hydrogen-bond donors (Lipinski definition) is 1. The Kier molecular flexibility index (Phi) is 7.10. The molecule has 0 radical (unpaired) electrons. The van der Waals surface area contributed by atoms with Crippen LogP contribution in [-0.2, 0) is 5.60 Å². The molecule has 0 saturated carbocycles. The van der Waals surface area contributed by atoms with Gasteiger partial charge in [0.2, 0.25) is 0 Å². The molecule has 160 valence electrons. The molecule has 0 aliphatic heterocycles. The van der Waals surface area contributed by atoms with Gasteiger partial charge in [0, 0.05) is 15.6 Å². The van der Waals surface area contributed by atoms with E-state index in [2.05, 4.69) is 108 Å². The summed E-state index contributed by atoms with van der Waals surface area (Å²) in [6.07, 6.45) is 4.68. The van der Waals surface area contributed by atoms with E-state index in [1.54, 1.807) is 0 Å². The quantitative estimate of drug-likeness (QED) is 0.403. The van der Waals surface area contributed by atoms with Crippen LogP contribution in [0.15, 0.2) is 99.0 Å². The van der Waals surface area contributed by atoms with E-state index in [1.807, 2.05) is 19.1 Å². The number of halogens is 2. The zero-order valence-corrected chi connectivity index (χ0v) is 21.7. The van der Waals surface area contributed by atoms with Crippen molar-refractivity contribution in [3.63, 3.8) is 0 Å². The van der Waals surface area contributed by atoms with Crippen LogP contribution in [-0.4, -0.2) is 5.11 Å². The van der Waals surface area contributed by atoms with Crippen LogP contribution in [0.5, 0.6) is 0 Å². The number of aliphatic hydroxyl groups is 1. The molecular weight excluding hydrogens is 512 g/mol. The fourth-order valence-electron chi connectivity index (χ4n) is 4.28. The average molecular weight is 540 g/mol. The molecule has 0 heterocycles. The lowest BCUT2D eigenvalue weighted by Gasteiger charge is -2.31. The van der Waals surface area contributed by atoms with E-state index in [0.29, 0.717) is 4.48 Å². The Morgan fingerprint density at radius 1 is 1.06 bits per heavy atom. The zero-order valence-electron chi connectivity index (χ0n) is 18.5. The molecule has 2 aromatic carbocycles. The van der Waals surface area contributed by atoms with E-state index >= 15 is 0 Å². The van der Waals surface area contributed by atoms with Gasteiger partial charge in [-0.2, -0.15) is 0 Å². The van der Waals surface area contributed by atoms with Crippen LogP contribution < -0.4 is 0 Å². The average Bonchev–Trinajstić information content (AvgIpc) is 2.89. The minimum atomic E-state index is -1.35. The van der Waals surface area contributed by atoms with Crippen LogP contribution in [0, 0.1) is 13.8 Å². The second-order valence-electron chi connectivity index (χ2n) is 8.09. The Hall–Kier alpha value is -1.94. The minimum absolute atomic E-state index is 0.697. The van der Waals surface area contributed by atoms with Crippen molar-refractivity contribution in [1.29, 1.82) is 0 Å². The van der Waals surface area contributed by atoms with Crippen LogP contribution in [0.25, 0.3) is 11.1 Å². The molecule has 1 unspecified atom stereocenters. The first-order chi connectivity index (χ1) is 14.6. The van der Waals surface area contributed by atoms with Crippen LogP contribution in [0.3, 0.4) is 0 Å². The van der Waals surface area contributed by atoms with E-state index in [4.69, 9.17) is 0 Å². The Morgan fingerprint density at radius 2 is 1.68 bits per heavy atom.